The summed E-state index contributed by atoms with van der Waals surface area (Å²) < 4.78 is 51.6. The van der Waals surface area contributed by atoms with Crippen molar-refractivity contribution in [1.29, 1.82) is 0 Å². The van der Waals surface area contributed by atoms with Gasteiger partial charge < -0.3 is 14.8 Å². The van der Waals surface area contributed by atoms with Gasteiger partial charge in [0.1, 0.15) is 0 Å². The highest BCUT2D eigenvalue weighted by Crippen LogP contribution is 2.35. The Kier molecular flexibility index (Phi) is 7.49. The van der Waals surface area contributed by atoms with Crippen LogP contribution in [0.15, 0.2) is 52.7 Å². The van der Waals surface area contributed by atoms with E-state index in [1.165, 1.54) is 7.11 Å². The fourth-order valence-corrected chi connectivity index (χ4v) is 3.46. The molecule has 0 aromatic heterocycles. The Morgan fingerprint density at radius 1 is 1.12 bits per heavy atom. The highest BCUT2D eigenvalue weighted by Gasteiger charge is 2.38. The fraction of sp³-hybridized carbons (Fsp3) is 0.261. The van der Waals surface area contributed by atoms with E-state index in [-0.39, 0.29) is 30.0 Å². The zero-order valence-corrected chi connectivity index (χ0v) is 18.2. The van der Waals surface area contributed by atoms with Crippen molar-refractivity contribution in [3.8, 4) is 0 Å². The molecule has 7 nitrogen and oxygen atoms in total. The van der Waals surface area contributed by atoms with Gasteiger partial charge in [-0.2, -0.15) is 0 Å². The van der Waals surface area contributed by atoms with Crippen LogP contribution in [0.3, 0.4) is 0 Å². The minimum Gasteiger partial charge on any atom is -0.466 e. The van der Waals surface area contributed by atoms with Gasteiger partial charge in [0.25, 0.3) is 0 Å². The van der Waals surface area contributed by atoms with Gasteiger partial charge in [0.15, 0.2) is 17.5 Å². The quantitative estimate of drug-likeness (QED) is 0.525. The van der Waals surface area contributed by atoms with Crippen molar-refractivity contribution in [2.45, 2.75) is 19.5 Å². The summed E-state index contributed by atoms with van der Waals surface area (Å²) in [6.07, 6.45) is 1.12. The molecule has 1 N–H and O–H groups in total. The first-order valence-electron chi connectivity index (χ1n) is 9.88. The van der Waals surface area contributed by atoms with Crippen LogP contribution in [0.25, 0.3) is 0 Å². The van der Waals surface area contributed by atoms with Crippen molar-refractivity contribution in [2.75, 3.05) is 20.8 Å². The van der Waals surface area contributed by atoms with E-state index in [0.29, 0.717) is 0 Å². The molecule has 174 valence electrons. The number of nitrogens with one attached hydrogen (secondary N) is 1. The maximum Gasteiger partial charge on any atom is 0.338 e. The van der Waals surface area contributed by atoms with Crippen LogP contribution in [0.4, 0.5) is 18.0 Å². The molecule has 0 aliphatic carbocycles. The van der Waals surface area contributed by atoms with Crippen LogP contribution in [-0.2, 0) is 20.8 Å². The lowest BCUT2D eigenvalue weighted by Gasteiger charge is -2.33. The molecule has 2 aromatic rings. The molecule has 10 heteroatoms. The van der Waals surface area contributed by atoms with Crippen LogP contribution in [0, 0.1) is 24.4 Å². The van der Waals surface area contributed by atoms with Crippen LogP contribution in [0.2, 0.25) is 0 Å². The zero-order valence-electron chi connectivity index (χ0n) is 18.2. The number of ether oxygens (including phenoxy) is 2. The standard InChI is InChI=1S/C23H22F3N3O4/c1-13-6-4-5-7-14(13)10-27-23(31)29-12-28-18(11-32-2)19(22(30)33-3)21(29)15-8-16(24)20(26)17(25)9-15/h4-9,12,21H,10-11H2,1-3H3,(H,27,31). The van der Waals surface area contributed by atoms with E-state index in [4.69, 9.17) is 9.47 Å². The average Bonchev–Trinajstić information content (AvgIpc) is 2.80. The molecule has 3 rings (SSSR count). The van der Waals surface area contributed by atoms with E-state index in [9.17, 15) is 22.8 Å². The van der Waals surface area contributed by atoms with Gasteiger partial charge in [-0.1, -0.05) is 24.3 Å². The molecule has 2 aromatic carbocycles. The summed E-state index contributed by atoms with van der Waals surface area (Å²) in [6, 6.07) is 6.78. The first-order chi connectivity index (χ1) is 15.8. The van der Waals surface area contributed by atoms with E-state index < -0.39 is 35.5 Å². The lowest BCUT2D eigenvalue weighted by atomic mass is 9.94. The van der Waals surface area contributed by atoms with Gasteiger partial charge in [0.2, 0.25) is 0 Å². The molecular formula is C23H22F3N3O4. The normalized spacial score (nSPS) is 15.6. The van der Waals surface area contributed by atoms with Crippen LogP contribution in [0.1, 0.15) is 22.7 Å². The van der Waals surface area contributed by atoms with E-state index in [1.54, 1.807) is 0 Å². The van der Waals surface area contributed by atoms with Crippen molar-refractivity contribution >= 4 is 18.3 Å². The molecule has 1 aliphatic heterocycles. The Hall–Kier alpha value is -3.66. The summed E-state index contributed by atoms with van der Waals surface area (Å²) in [7, 11) is 2.48. The van der Waals surface area contributed by atoms with Crippen molar-refractivity contribution < 1.29 is 32.2 Å². The van der Waals surface area contributed by atoms with E-state index in [0.717, 1.165) is 41.6 Å². The van der Waals surface area contributed by atoms with Crippen LogP contribution in [0.5, 0.6) is 0 Å². The van der Waals surface area contributed by atoms with E-state index in [2.05, 4.69) is 10.3 Å². The van der Waals surface area contributed by atoms with Gasteiger partial charge in [0, 0.05) is 13.7 Å². The molecule has 33 heavy (non-hydrogen) atoms. The third-order valence-electron chi connectivity index (χ3n) is 5.13. The minimum atomic E-state index is -1.67. The number of benzene rings is 2. The number of nitrogens with zero attached hydrogens (tertiary/aromatic N) is 2. The number of esters is 1. The lowest BCUT2D eigenvalue weighted by Crippen LogP contribution is -2.45. The topological polar surface area (TPSA) is 80.2 Å². The number of rotatable bonds is 6. The highest BCUT2D eigenvalue weighted by molar-refractivity contribution is 5.97. The van der Waals surface area contributed by atoms with Crippen LogP contribution >= 0.6 is 0 Å². The molecule has 0 bridgehead atoms. The highest BCUT2D eigenvalue weighted by atomic mass is 19.2. The molecule has 1 aliphatic rings. The Bertz CT molecular complexity index is 1110. The monoisotopic (exact) mass is 461 g/mol. The zero-order chi connectivity index (χ0) is 24.1. The number of amides is 2. The fourth-order valence-electron chi connectivity index (χ4n) is 3.46. The molecule has 2 amide bonds. The van der Waals surface area contributed by atoms with Gasteiger partial charge in [-0.25, -0.2) is 27.8 Å². The SMILES string of the molecule is COCC1=C(C(=O)OC)C(c2cc(F)c(F)c(F)c2)N(C(=O)NCc2ccccc2C)C=N1. The van der Waals surface area contributed by atoms with E-state index >= 15 is 0 Å². The number of methoxy groups -OCH3 is 2. The Balaban J connectivity index is 2.04. The van der Waals surface area contributed by atoms with Crippen molar-refractivity contribution in [2.24, 2.45) is 4.99 Å². The summed E-state index contributed by atoms with van der Waals surface area (Å²) in [4.78, 5) is 30.8. The molecule has 0 spiro atoms. The molecule has 0 saturated carbocycles. The smallest absolute Gasteiger partial charge is 0.338 e. The number of carbonyl (C=O) groups is 2. The maximum absolute atomic E-state index is 14.1. The second kappa shape index (κ2) is 10.3. The molecule has 1 heterocycles. The van der Waals surface area contributed by atoms with E-state index in [1.807, 2.05) is 31.2 Å². The number of urea groups is 1. The third-order valence-corrected chi connectivity index (χ3v) is 5.13. The molecule has 1 unspecified atom stereocenters. The minimum absolute atomic E-state index is 0.0995. The predicted molar refractivity (Wildman–Crippen MR) is 114 cm³/mol. The largest absolute Gasteiger partial charge is 0.466 e. The summed E-state index contributed by atoms with van der Waals surface area (Å²) in [5, 5.41) is 2.70. The summed E-state index contributed by atoms with van der Waals surface area (Å²) in [5.41, 5.74) is 1.54. The van der Waals surface area contributed by atoms with Gasteiger partial charge in [0.05, 0.1) is 37.4 Å². The Morgan fingerprint density at radius 2 is 1.79 bits per heavy atom. The lowest BCUT2D eigenvalue weighted by molar-refractivity contribution is -0.136. The van der Waals surface area contributed by atoms with Crippen molar-refractivity contribution in [3.63, 3.8) is 0 Å². The number of aliphatic imine (C=N–C) groups is 1. The maximum atomic E-state index is 14.1. The Labute approximate surface area is 188 Å². The summed E-state index contributed by atoms with van der Waals surface area (Å²) in [6.45, 7) is 1.89. The summed E-state index contributed by atoms with van der Waals surface area (Å²) >= 11 is 0. The second-order valence-electron chi connectivity index (χ2n) is 7.22. The van der Waals surface area contributed by atoms with Crippen molar-refractivity contribution in [3.05, 3.63) is 81.8 Å². The molecule has 0 radical (unpaired) electrons. The molecule has 0 saturated heterocycles. The number of hydrogen-bond donors (Lipinski definition) is 1. The van der Waals surface area contributed by atoms with Gasteiger partial charge in [-0.05, 0) is 35.7 Å². The first-order valence-corrected chi connectivity index (χ1v) is 9.88. The van der Waals surface area contributed by atoms with Crippen LogP contribution in [-0.4, -0.2) is 44.1 Å². The molecular weight excluding hydrogens is 439 g/mol. The number of aryl methyl sites for hydroxylation is 1. The third kappa shape index (κ3) is 5.06. The van der Waals surface area contributed by atoms with Gasteiger partial charge in [-0.3, -0.25) is 4.90 Å². The predicted octanol–water partition coefficient (Wildman–Crippen LogP) is 3.78. The average molecular weight is 461 g/mol. The summed E-state index contributed by atoms with van der Waals surface area (Å²) in [5.74, 6) is -5.49. The molecule has 0 fully saturated rings. The van der Waals surface area contributed by atoms with Crippen LogP contribution < -0.4 is 5.32 Å². The molecule has 1 atom stereocenters. The van der Waals surface area contributed by atoms with Gasteiger partial charge >= 0.3 is 12.0 Å². The number of hydrogen-bond acceptors (Lipinski definition) is 5. The number of carbonyl (C=O) groups excluding carboxylic acids is 2. The second-order valence-corrected chi connectivity index (χ2v) is 7.22. The van der Waals surface area contributed by atoms with Crippen molar-refractivity contribution in [1.82, 2.24) is 10.2 Å². The number of halogens is 3. The first kappa shape index (κ1) is 24.0. The van der Waals surface area contributed by atoms with Gasteiger partial charge in [-0.15, -0.1) is 0 Å². The Morgan fingerprint density at radius 3 is 2.39 bits per heavy atom.